The van der Waals surface area contributed by atoms with Gasteiger partial charge in [-0.05, 0) is 18.6 Å². The lowest BCUT2D eigenvalue weighted by Crippen LogP contribution is -1.88. The molecule has 0 aliphatic rings. The SMILES string of the molecule is BrCCCCSc1ncnc2nc[nH]c12. The van der Waals surface area contributed by atoms with E-state index in [4.69, 9.17) is 0 Å². The lowest BCUT2D eigenvalue weighted by molar-refractivity contribution is 0.911. The van der Waals surface area contributed by atoms with Crippen molar-refractivity contribution < 1.29 is 0 Å². The fourth-order valence-electron chi connectivity index (χ4n) is 1.22. The highest BCUT2D eigenvalue weighted by Gasteiger charge is 2.05. The summed E-state index contributed by atoms with van der Waals surface area (Å²) in [6.45, 7) is 0. The van der Waals surface area contributed by atoms with Crippen LogP contribution in [0.15, 0.2) is 17.7 Å². The summed E-state index contributed by atoms with van der Waals surface area (Å²) in [7, 11) is 0. The third kappa shape index (κ3) is 2.69. The molecule has 2 aromatic heterocycles. The lowest BCUT2D eigenvalue weighted by atomic mass is 10.4. The maximum Gasteiger partial charge on any atom is 0.181 e. The molecule has 0 saturated heterocycles. The van der Waals surface area contributed by atoms with Gasteiger partial charge >= 0.3 is 0 Å². The van der Waals surface area contributed by atoms with Crippen LogP contribution in [-0.4, -0.2) is 31.0 Å². The second-order valence-corrected chi connectivity index (χ2v) is 4.90. The van der Waals surface area contributed by atoms with Crippen LogP contribution < -0.4 is 0 Å². The Labute approximate surface area is 100 Å². The fourth-order valence-corrected chi connectivity index (χ4v) is 2.57. The van der Waals surface area contributed by atoms with Gasteiger partial charge in [0, 0.05) is 5.33 Å². The van der Waals surface area contributed by atoms with Crippen molar-refractivity contribution in [1.82, 2.24) is 19.9 Å². The summed E-state index contributed by atoms with van der Waals surface area (Å²) in [4.78, 5) is 15.5. The molecule has 6 heteroatoms. The van der Waals surface area contributed by atoms with Gasteiger partial charge in [-0.1, -0.05) is 15.9 Å². The van der Waals surface area contributed by atoms with Crippen molar-refractivity contribution in [2.45, 2.75) is 17.9 Å². The number of hydrogen-bond donors (Lipinski definition) is 1. The second kappa shape index (κ2) is 5.46. The molecular weight excluding hydrogens is 276 g/mol. The molecule has 2 aromatic rings. The Morgan fingerprint density at radius 3 is 3.07 bits per heavy atom. The molecule has 0 saturated carbocycles. The third-order valence-electron chi connectivity index (χ3n) is 1.95. The number of alkyl halides is 1. The molecule has 4 nitrogen and oxygen atoms in total. The number of fused-ring (bicyclic) bond motifs is 1. The van der Waals surface area contributed by atoms with Gasteiger partial charge in [-0.3, -0.25) is 0 Å². The monoisotopic (exact) mass is 286 g/mol. The number of hydrogen-bond acceptors (Lipinski definition) is 4. The predicted octanol–water partition coefficient (Wildman–Crippen LogP) is 2.62. The Hall–Kier alpha value is -0.620. The number of imidazole rings is 1. The Balaban J connectivity index is 2.04. The van der Waals surface area contributed by atoms with Gasteiger partial charge in [-0.2, -0.15) is 0 Å². The zero-order chi connectivity index (χ0) is 10.5. The van der Waals surface area contributed by atoms with E-state index in [1.165, 1.54) is 12.8 Å². The first-order valence-corrected chi connectivity index (χ1v) is 6.85. The summed E-state index contributed by atoms with van der Waals surface area (Å²) in [5, 5.41) is 2.06. The van der Waals surface area contributed by atoms with E-state index in [1.54, 1.807) is 24.4 Å². The average Bonchev–Trinajstić information content (AvgIpc) is 2.73. The maximum absolute atomic E-state index is 4.25. The van der Waals surface area contributed by atoms with Gasteiger partial charge in [-0.15, -0.1) is 11.8 Å². The van der Waals surface area contributed by atoms with Crippen LogP contribution in [0.3, 0.4) is 0 Å². The van der Waals surface area contributed by atoms with Crippen LogP contribution in [-0.2, 0) is 0 Å². The summed E-state index contributed by atoms with van der Waals surface area (Å²) in [5.74, 6) is 1.08. The smallest absolute Gasteiger partial charge is 0.181 e. The van der Waals surface area contributed by atoms with Crippen molar-refractivity contribution >= 4 is 38.9 Å². The van der Waals surface area contributed by atoms with E-state index in [-0.39, 0.29) is 0 Å². The Morgan fingerprint density at radius 1 is 1.27 bits per heavy atom. The zero-order valence-corrected chi connectivity index (χ0v) is 10.5. The van der Waals surface area contributed by atoms with Crippen molar-refractivity contribution in [3.8, 4) is 0 Å². The van der Waals surface area contributed by atoms with Gasteiger partial charge in [-0.25, -0.2) is 15.0 Å². The molecule has 80 valence electrons. The predicted molar refractivity (Wildman–Crippen MR) is 65.4 cm³/mol. The van der Waals surface area contributed by atoms with Crippen molar-refractivity contribution in [2.24, 2.45) is 0 Å². The minimum absolute atomic E-state index is 0.744. The van der Waals surface area contributed by atoms with E-state index < -0.39 is 0 Å². The number of unbranched alkanes of at least 4 members (excludes halogenated alkanes) is 1. The molecule has 2 rings (SSSR count). The molecule has 0 amide bonds. The van der Waals surface area contributed by atoms with Crippen LogP contribution in [0.5, 0.6) is 0 Å². The summed E-state index contributed by atoms with van der Waals surface area (Å²) >= 11 is 5.17. The van der Waals surface area contributed by atoms with Gasteiger partial charge in [0.25, 0.3) is 0 Å². The van der Waals surface area contributed by atoms with Crippen LogP contribution in [0.1, 0.15) is 12.8 Å². The van der Waals surface area contributed by atoms with Crippen LogP contribution >= 0.6 is 27.7 Å². The number of halogens is 1. The first-order valence-electron chi connectivity index (χ1n) is 4.74. The van der Waals surface area contributed by atoms with E-state index >= 15 is 0 Å². The second-order valence-electron chi connectivity index (χ2n) is 3.02. The molecule has 0 bridgehead atoms. The molecule has 0 spiro atoms. The minimum Gasteiger partial charge on any atom is -0.341 e. The largest absolute Gasteiger partial charge is 0.341 e. The molecular formula is C9H11BrN4S. The van der Waals surface area contributed by atoms with Crippen molar-refractivity contribution in [3.05, 3.63) is 12.7 Å². The number of thioether (sulfide) groups is 1. The quantitative estimate of drug-likeness (QED) is 0.397. The van der Waals surface area contributed by atoms with E-state index in [2.05, 4.69) is 35.9 Å². The first-order chi connectivity index (χ1) is 7.42. The molecule has 0 aliphatic carbocycles. The van der Waals surface area contributed by atoms with Crippen molar-refractivity contribution in [1.29, 1.82) is 0 Å². The molecule has 0 aromatic carbocycles. The molecule has 0 unspecified atom stereocenters. The Morgan fingerprint density at radius 2 is 2.20 bits per heavy atom. The number of nitrogens with one attached hydrogen (secondary N) is 1. The molecule has 2 heterocycles. The van der Waals surface area contributed by atoms with E-state index in [0.717, 1.165) is 27.3 Å². The fraction of sp³-hybridized carbons (Fsp3) is 0.444. The highest BCUT2D eigenvalue weighted by Crippen LogP contribution is 2.22. The van der Waals surface area contributed by atoms with Crippen molar-refractivity contribution in [3.63, 3.8) is 0 Å². The Kier molecular flexibility index (Phi) is 3.96. The van der Waals surface area contributed by atoms with Gasteiger partial charge < -0.3 is 4.98 Å². The normalized spacial score (nSPS) is 11.0. The van der Waals surface area contributed by atoms with Crippen LogP contribution in [0.2, 0.25) is 0 Å². The lowest BCUT2D eigenvalue weighted by Gasteiger charge is -2.00. The average molecular weight is 287 g/mol. The minimum atomic E-state index is 0.744. The topological polar surface area (TPSA) is 54.5 Å². The summed E-state index contributed by atoms with van der Waals surface area (Å²) in [6.07, 6.45) is 5.61. The highest BCUT2D eigenvalue weighted by atomic mass is 79.9. The first kappa shape index (κ1) is 10.9. The van der Waals surface area contributed by atoms with Crippen LogP contribution in [0, 0.1) is 0 Å². The van der Waals surface area contributed by atoms with Gasteiger partial charge in [0.15, 0.2) is 5.65 Å². The maximum atomic E-state index is 4.25. The molecule has 0 radical (unpaired) electrons. The number of aromatic nitrogens is 4. The van der Waals surface area contributed by atoms with Crippen molar-refractivity contribution in [2.75, 3.05) is 11.1 Å². The Bertz CT molecular complexity index is 431. The molecule has 0 fully saturated rings. The number of rotatable bonds is 5. The summed E-state index contributed by atoms with van der Waals surface area (Å²) < 4.78 is 0. The van der Waals surface area contributed by atoms with Gasteiger partial charge in [0.05, 0.1) is 6.33 Å². The number of nitrogens with zero attached hydrogens (tertiary/aromatic N) is 3. The molecule has 0 atom stereocenters. The molecule has 1 N–H and O–H groups in total. The van der Waals surface area contributed by atoms with Crippen LogP contribution in [0.4, 0.5) is 0 Å². The van der Waals surface area contributed by atoms with Gasteiger partial charge in [0.1, 0.15) is 16.9 Å². The van der Waals surface area contributed by atoms with E-state index in [0.29, 0.717) is 0 Å². The highest BCUT2D eigenvalue weighted by molar-refractivity contribution is 9.09. The number of H-pyrrole nitrogens is 1. The summed E-state index contributed by atoms with van der Waals surface area (Å²) in [6, 6.07) is 0. The number of aromatic amines is 1. The standard InChI is InChI=1S/C9H11BrN4S/c10-3-1-2-4-15-9-7-8(12-5-11-7)13-6-14-9/h5-6H,1-4H2,(H,11,12,13,14). The van der Waals surface area contributed by atoms with E-state index in [1.807, 2.05) is 0 Å². The van der Waals surface area contributed by atoms with Gasteiger partial charge in [0.2, 0.25) is 0 Å². The van der Waals surface area contributed by atoms with Crippen LogP contribution in [0.25, 0.3) is 11.2 Å². The molecule has 15 heavy (non-hydrogen) atoms. The zero-order valence-electron chi connectivity index (χ0n) is 8.11. The summed E-state index contributed by atoms with van der Waals surface area (Å²) in [5.41, 5.74) is 1.69. The third-order valence-corrected chi connectivity index (χ3v) is 3.59. The van der Waals surface area contributed by atoms with E-state index in [9.17, 15) is 0 Å². The molecule has 0 aliphatic heterocycles.